The Morgan fingerprint density at radius 1 is 1.69 bits per heavy atom. The van der Waals surface area contributed by atoms with Gasteiger partial charge in [0.25, 0.3) is 0 Å². The van der Waals surface area contributed by atoms with Gasteiger partial charge in [0.2, 0.25) is 5.91 Å². The molecule has 0 aromatic carbocycles. The monoisotopic (exact) mass is 241 g/mol. The van der Waals surface area contributed by atoms with Crippen molar-refractivity contribution >= 4 is 23.1 Å². The Bertz CT molecular complexity index is 355. The van der Waals surface area contributed by atoms with Crippen LogP contribution in [0.2, 0.25) is 0 Å². The first kappa shape index (κ1) is 11.5. The lowest BCUT2D eigenvalue weighted by atomic mass is 10.1. The lowest BCUT2D eigenvalue weighted by Crippen LogP contribution is -2.49. The summed E-state index contributed by atoms with van der Waals surface area (Å²) in [7, 11) is 1.77. The predicted octanol–water partition coefficient (Wildman–Crippen LogP) is 0.483. The van der Waals surface area contributed by atoms with E-state index in [9.17, 15) is 4.79 Å². The third-order valence-electron chi connectivity index (χ3n) is 2.70. The van der Waals surface area contributed by atoms with Crippen LogP contribution in [0.15, 0.2) is 10.9 Å². The molecule has 1 N–H and O–H groups in total. The third kappa shape index (κ3) is 2.09. The fourth-order valence-electron chi connectivity index (χ4n) is 1.83. The van der Waals surface area contributed by atoms with Crippen molar-refractivity contribution in [1.82, 2.24) is 10.3 Å². The number of rotatable bonds is 2. The van der Waals surface area contributed by atoms with E-state index in [1.807, 2.05) is 12.3 Å². The summed E-state index contributed by atoms with van der Waals surface area (Å²) in [4.78, 5) is 18.1. The molecule has 2 atom stereocenters. The molecular weight excluding hydrogens is 226 g/mol. The molecule has 0 radical (unpaired) electrons. The SMILES string of the molecule is CNC1C(=O)N(c2cscn2)CCOC1C. The topological polar surface area (TPSA) is 54.5 Å². The summed E-state index contributed by atoms with van der Waals surface area (Å²) >= 11 is 1.49. The van der Waals surface area contributed by atoms with Crippen LogP contribution in [0.25, 0.3) is 0 Å². The normalized spacial score (nSPS) is 26.9. The van der Waals surface area contributed by atoms with E-state index in [0.29, 0.717) is 19.0 Å². The second-order valence-electron chi connectivity index (χ2n) is 3.68. The van der Waals surface area contributed by atoms with Crippen molar-refractivity contribution in [3.8, 4) is 0 Å². The van der Waals surface area contributed by atoms with E-state index in [1.165, 1.54) is 11.3 Å². The number of aromatic nitrogens is 1. The number of carbonyl (C=O) groups is 1. The highest BCUT2D eigenvalue weighted by Gasteiger charge is 2.32. The minimum Gasteiger partial charge on any atom is -0.374 e. The number of carbonyl (C=O) groups excluding carboxylic acids is 1. The van der Waals surface area contributed by atoms with Crippen LogP contribution < -0.4 is 10.2 Å². The maximum atomic E-state index is 12.2. The molecule has 1 aromatic heterocycles. The maximum Gasteiger partial charge on any atom is 0.248 e. The zero-order chi connectivity index (χ0) is 11.5. The average Bonchev–Trinajstić information content (AvgIpc) is 2.74. The second kappa shape index (κ2) is 4.90. The Balaban J connectivity index is 2.23. The maximum absolute atomic E-state index is 12.2. The van der Waals surface area contributed by atoms with E-state index >= 15 is 0 Å². The molecule has 0 spiro atoms. The van der Waals surface area contributed by atoms with Gasteiger partial charge < -0.3 is 10.1 Å². The van der Waals surface area contributed by atoms with Crippen molar-refractivity contribution in [3.63, 3.8) is 0 Å². The van der Waals surface area contributed by atoms with Gasteiger partial charge in [-0.1, -0.05) is 0 Å². The Labute approximate surface area is 98.4 Å². The van der Waals surface area contributed by atoms with Crippen molar-refractivity contribution in [2.75, 3.05) is 25.1 Å². The Morgan fingerprint density at radius 2 is 2.50 bits per heavy atom. The summed E-state index contributed by atoms with van der Waals surface area (Å²) in [5.41, 5.74) is 1.73. The van der Waals surface area contributed by atoms with Gasteiger partial charge in [-0.05, 0) is 14.0 Å². The standard InChI is InChI=1S/C10H15N3O2S/c1-7-9(11-2)10(14)13(3-4-15-7)8-5-16-6-12-8/h5-7,9,11H,3-4H2,1-2H3. The highest BCUT2D eigenvalue weighted by molar-refractivity contribution is 7.07. The van der Waals surface area contributed by atoms with E-state index in [2.05, 4.69) is 10.3 Å². The molecule has 1 aromatic rings. The molecule has 0 bridgehead atoms. The number of nitrogens with one attached hydrogen (secondary N) is 1. The molecule has 6 heteroatoms. The number of hydrogen-bond donors (Lipinski definition) is 1. The molecule has 1 aliphatic rings. The van der Waals surface area contributed by atoms with Crippen molar-refractivity contribution in [1.29, 1.82) is 0 Å². The van der Waals surface area contributed by atoms with Gasteiger partial charge in [0, 0.05) is 5.38 Å². The molecule has 16 heavy (non-hydrogen) atoms. The van der Waals surface area contributed by atoms with Crippen molar-refractivity contribution in [2.24, 2.45) is 0 Å². The second-order valence-corrected chi connectivity index (χ2v) is 4.40. The molecular formula is C10H15N3O2S. The molecule has 2 heterocycles. The first-order valence-electron chi connectivity index (χ1n) is 5.22. The predicted molar refractivity (Wildman–Crippen MR) is 62.7 cm³/mol. The van der Waals surface area contributed by atoms with E-state index < -0.39 is 0 Å². The minimum absolute atomic E-state index is 0.0263. The van der Waals surface area contributed by atoms with E-state index in [0.717, 1.165) is 0 Å². The summed E-state index contributed by atoms with van der Waals surface area (Å²) in [6.07, 6.45) is -0.110. The van der Waals surface area contributed by atoms with E-state index in [4.69, 9.17) is 4.74 Å². The number of thiazole rings is 1. The van der Waals surface area contributed by atoms with Gasteiger partial charge in [-0.2, -0.15) is 0 Å². The Morgan fingerprint density at radius 3 is 3.12 bits per heavy atom. The van der Waals surface area contributed by atoms with Crippen molar-refractivity contribution < 1.29 is 9.53 Å². The highest BCUT2D eigenvalue weighted by atomic mass is 32.1. The van der Waals surface area contributed by atoms with Crippen LogP contribution in [-0.4, -0.2) is 43.2 Å². The Hall–Kier alpha value is -0.980. The largest absolute Gasteiger partial charge is 0.374 e. The summed E-state index contributed by atoms with van der Waals surface area (Å²) < 4.78 is 5.56. The van der Waals surface area contributed by atoms with E-state index in [1.54, 1.807) is 17.5 Å². The number of nitrogens with zero attached hydrogens (tertiary/aromatic N) is 2. The first-order valence-corrected chi connectivity index (χ1v) is 6.16. The molecule has 0 aliphatic carbocycles. The van der Waals surface area contributed by atoms with Gasteiger partial charge >= 0.3 is 0 Å². The van der Waals surface area contributed by atoms with Gasteiger partial charge in [0.1, 0.15) is 11.9 Å². The van der Waals surface area contributed by atoms with Crippen LogP contribution in [-0.2, 0) is 9.53 Å². The number of hydrogen-bond acceptors (Lipinski definition) is 5. The lowest BCUT2D eigenvalue weighted by molar-refractivity contribution is -0.122. The summed E-state index contributed by atoms with van der Waals surface area (Å²) in [5.74, 6) is 0.742. The summed E-state index contributed by atoms with van der Waals surface area (Å²) in [6, 6.07) is -0.302. The fraction of sp³-hybridized carbons (Fsp3) is 0.600. The smallest absolute Gasteiger partial charge is 0.248 e. The van der Waals surface area contributed by atoms with Gasteiger partial charge in [-0.3, -0.25) is 9.69 Å². The van der Waals surface area contributed by atoms with Crippen molar-refractivity contribution in [3.05, 3.63) is 10.9 Å². The molecule has 1 amide bonds. The van der Waals surface area contributed by atoms with Crippen LogP contribution in [0, 0.1) is 0 Å². The van der Waals surface area contributed by atoms with Crippen molar-refractivity contribution in [2.45, 2.75) is 19.1 Å². The first-order chi connectivity index (χ1) is 7.74. The third-order valence-corrected chi connectivity index (χ3v) is 3.28. The fourth-order valence-corrected chi connectivity index (χ4v) is 2.37. The molecule has 2 rings (SSSR count). The molecule has 1 aliphatic heterocycles. The number of amides is 1. The zero-order valence-electron chi connectivity index (χ0n) is 9.34. The number of ether oxygens (including phenoxy) is 1. The van der Waals surface area contributed by atoms with Crippen LogP contribution in [0.5, 0.6) is 0 Å². The average molecular weight is 241 g/mol. The Kier molecular flexibility index (Phi) is 3.52. The molecule has 88 valence electrons. The van der Waals surface area contributed by atoms with Gasteiger partial charge in [-0.15, -0.1) is 11.3 Å². The molecule has 1 fully saturated rings. The molecule has 0 saturated carbocycles. The number of likely N-dealkylation sites (N-methyl/N-ethyl adjacent to an activating group) is 1. The van der Waals surface area contributed by atoms with Crippen LogP contribution >= 0.6 is 11.3 Å². The quantitative estimate of drug-likeness (QED) is 0.818. The van der Waals surface area contributed by atoms with Crippen LogP contribution in [0.1, 0.15) is 6.92 Å². The lowest BCUT2D eigenvalue weighted by Gasteiger charge is -2.23. The van der Waals surface area contributed by atoms with E-state index in [-0.39, 0.29) is 18.1 Å². The highest BCUT2D eigenvalue weighted by Crippen LogP contribution is 2.18. The number of anilines is 1. The van der Waals surface area contributed by atoms with Gasteiger partial charge in [0.05, 0.1) is 24.8 Å². The molecule has 2 unspecified atom stereocenters. The van der Waals surface area contributed by atoms with Gasteiger partial charge in [0.15, 0.2) is 0 Å². The zero-order valence-corrected chi connectivity index (χ0v) is 10.2. The van der Waals surface area contributed by atoms with Gasteiger partial charge in [-0.25, -0.2) is 4.98 Å². The van der Waals surface area contributed by atoms with Crippen LogP contribution in [0.3, 0.4) is 0 Å². The van der Waals surface area contributed by atoms with Crippen LogP contribution in [0.4, 0.5) is 5.82 Å². The molecule has 5 nitrogen and oxygen atoms in total. The minimum atomic E-state index is -0.302. The summed E-state index contributed by atoms with van der Waals surface area (Å²) in [6.45, 7) is 3.01. The molecule has 1 saturated heterocycles. The summed E-state index contributed by atoms with van der Waals surface area (Å²) in [5, 5.41) is 4.87.